The van der Waals surface area contributed by atoms with E-state index in [1.807, 2.05) is 24.3 Å². The Morgan fingerprint density at radius 3 is 2.00 bits per heavy atom. The molecule has 0 bridgehead atoms. The van der Waals surface area contributed by atoms with Gasteiger partial charge in [-0.3, -0.25) is 10.1 Å². The van der Waals surface area contributed by atoms with Gasteiger partial charge in [0.05, 0.1) is 16.6 Å². The highest BCUT2D eigenvalue weighted by Crippen LogP contribution is 2.29. The number of rotatable bonds is 7. The number of benzene rings is 2. The fourth-order valence-electron chi connectivity index (χ4n) is 3.36. The third kappa shape index (κ3) is 4.92. The second-order valence-electron chi connectivity index (χ2n) is 7.64. The van der Waals surface area contributed by atoms with Crippen molar-refractivity contribution in [1.82, 2.24) is 0 Å². The van der Waals surface area contributed by atoms with Crippen LogP contribution < -0.4 is 0 Å². The zero-order valence-electron chi connectivity index (χ0n) is 16.0. The molecule has 0 N–H and O–H groups in total. The fraction of sp³-hybridized carbons (Fsp3) is 0.409. The van der Waals surface area contributed by atoms with E-state index in [-0.39, 0.29) is 10.6 Å². The molecule has 0 aromatic heterocycles. The highest BCUT2D eigenvalue weighted by molar-refractivity contribution is 5.50. The molecule has 4 nitrogen and oxygen atoms in total. The van der Waals surface area contributed by atoms with E-state index in [0.29, 0.717) is 23.8 Å². The fourth-order valence-corrected chi connectivity index (χ4v) is 3.36. The van der Waals surface area contributed by atoms with E-state index < -0.39 is 0 Å². The number of nitro benzene ring substituents is 1. The maximum Gasteiger partial charge on any atom is 0.272 e. The first-order valence-corrected chi connectivity index (χ1v) is 9.08. The largest absolute Gasteiger partial charge is 0.272 e. The zero-order valence-corrected chi connectivity index (χ0v) is 16.0. The molecule has 2 aromatic carbocycles. The molecular formula is C22H26N2O2. The molecule has 26 heavy (non-hydrogen) atoms. The van der Waals surface area contributed by atoms with Crippen LogP contribution in [0.25, 0.3) is 0 Å². The molecule has 2 rings (SSSR count). The number of hydrogen-bond acceptors (Lipinski definition) is 3. The minimum Gasteiger partial charge on any atom is -0.258 e. The van der Waals surface area contributed by atoms with E-state index >= 15 is 0 Å². The lowest BCUT2D eigenvalue weighted by Crippen LogP contribution is -2.09. The van der Waals surface area contributed by atoms with Gasteiger partial charge >= 0.3 is 0 Å². The lowest BCUT2D eigenvalue weighted by molar-refractivity contribution is -0.385. The first kappa shape index (κ1) is 19.7. The minimum absolute atomic E-state index is 0.155. The molecule has 0 spiro atoms. The molecule has 0 fully saturated rings. The Balaban J connectivity index is 2.60. The van der Waals surface area contributed by atoms with Crippen molar-refractivity contribution in [2.45, 2.75) is 47.0 Å². The van der Waals surface area contributed by atoms with Gasteiger partial charge in [0.15, 0.2) is 0 Å². The first-order chi connectivity index (χ1) is 12.3. The normalized spacial score (nSPS) is 11.0. The van der Waals surface area contributed by atoms with Gasteiger partial charge in [-0.15, -0.1) is 0 Å². The van der Waals surface area contributed by atoms with Gasteiger partial charge in [0, 0.05) is 18.1 Å². The zero-order chi connectivity index (χ0) is 19.3. The van der Waals surface area contributed by atoms with E-state index in [0.717, 1.165) is 35.1 Å². The lowest BCUT2D eigenvalue weighted by Gasteiger charge is -2.19. The smallest absolute Gasteiger partial charge is 0.258 e. The lowest BCUT2D eigenvalue weighted by atomic mass is 9.85. The van der Waals surface area contributed by atoms with Crippen molar-refractivity contribution >= 4 is 5.69 Å². The van der Waals surface area contributed by atoms with Crippen LogP contribution in [0.5, 0.6) is 0 Å². The van der Waals surface area contributed by atoms with Crippen LogP contribution in [0.3, 0.4) is 0 Å². The van der Waals surface area contributed by atoms with Gasteiger partial charge in [-0.2, -0.15) is 5.26 Å². The van der Waals surface area contributed by atoms with Crippen LogP contribution in [0, 0.1) is 33.3 Å². The SMILES string of the molecule is CC(C)Cc1cc(C#N)cc(CC(C)C)c1Cc1ccccc1[N+](=O)[O-]. The summed E-state index contributed by atoms with van der Waals surface area (Å²) in [7, 11) is 0. The summed E-state index contributed by atoms with van der Waals surface area (Å²) in [5.74, 6) is 0.890. The average molecular weight is 350 g/mol. The predicted molar refractivity (Wildman–Crippen MR) is 104 cm³/mol. The van der Waals surface area contributed by atoms with Crippen molar-refractivity contribution in [2.75, 3.05) is 0 Å². The van der Waals surface area contributed by atoms with Crippen LogP contribution in [0.2, 0.25) is 0 Å². The van der Waals surface area contributed by atoms with Gasteiger partial charge in [0.2, 0.25) is 0 Å². The molecule has 136 valence electrons. The monoisotopic (exact) mass is 350 g/mol. The van der Waals surface area contributed by atoms with Crippen LogP contribution in [0.15, 0.2) is 36.4 Å². The summed E-state index contributed by atoms with van der Waals surface area (Å²) in [6.07, 6.45) is 2.24. The highest BCUT2D eigenvalue weighted by Gasteiger charge is 2.18. The van der Waals surface area contributed by atoms with Crippen molar-refractivity contribution in [3.05, 3.63) is 74.3 Å². The van der Waals surface area contributed by atoms with Crippen LogP contribution in [0.1, 0.15) is 55.5 Å². The van der Waals surface area contributed by atoms with E-state index in [9.17, 15) is 15.4 Å². The molecule has 4 heteroatoms. The Kier molecular flexibility index (Phi) is 6.52. The topological polar surface area (TPSA) is 66.9 Å². The van der Waals surface area contributed by atoms with Gasteiger partial charge in [0.1, 0.15) is 0 Å². The van der Waals surface area contributed by atoms with E-state index in [1.54, 1.807) is 12.1 Å². The van der Waals surface area contributed by atoms with Gasteiger partial charge in [-0.25, -0.2) is 0 Å². The number of nitro groups is 1. The van der Waals surface area contributed by atoms with Crippen molar-refractivity contribution in [2.24, 2.45) is 11.8 Å². The molecule has 0 saturated heterocycles. The molecule has 0 aliphatic carbocycles. The van der Waals surface area contributed by atoms with Crippen molar-refractivity contribution in [3.63, 3.8) is 0 Å². The summed E-state index contributed by atoms with van der Waals surface area (Å²) in [4.78, 5) is 11.1. The van der Waals surface area contributed by atoms with Crippen LogP contribution in [0.4, 0.5) is 5.69 Å². The summed E-state index contributed by atoms with van der Waals surface area (Å²) in [6, 6.07) is 13.1. The number of nitriles is 1. The summed E-state index contributed by atoms with van der Waals surface area (Å²) < 4.78 is 0. The molecule has 0 aliphatic rings. The number of nitrogens with zero attached hydrogens (tertiary/aromatic N) is 2. The molecule has 0 saturated carbocycles. The van der Waals surface area contributed by atoms with Gasteiger partial charge in [0.25, 0.3) is 5.69 Å². The Labute approximate surface area is 155 Å². The van der Waals surface area contributed by atoms with Crippen LogP contribution in [-0.2, 0) is 19.3 Å². The molecule has 0 radical (unpaired) electrons. The summed E-state index contributed by atoms with van der Waals surface area (Å²) in [5.41, 5.74) is 4.95. The highest BCUT2D eigenvalue weighted by atomic mass is 16.6. The second-order valence-corrected chi connectivity index (χ2v) is 7.64. The average Bonchev–Trinajstić information content (AvgIpc) is 2.56. The molecule has 0 unspecified atom stereocenters. The Bertz CT molecular complexity index is 801. The Morgan fingerprint density at radius 1 is 1.00 bits per heavy atom. The molecule has 0 heterocycles. The maximum absolute atomic E-state index is 11.4. The van der Waals surface area contributed by atoms with Crippen molar-refractivity contribution in [3.8, 4) is 6.07 Å². The predicted octanol–water partition coefficient (Wildman–Crippen LogP) is 5.45. The number of hydrogen-bond donors (Lipinski definition) is 0. The van der Waals surface area contributed by atoms with Gasteiger partial charge < -0.3 is 0 Å². The quantitative estimate of drug-likeness (QED) is 0.492. The van der Waals surface area contributed by atoms with E-state index in [4.69, 9.17) is 0 Å². The minimum atomic E-state index is -0.316. The second kappa shape index (κ2) is 8.62. The Hall–Kier alpha value is -2.67. The summed E-state index contributed by atoms with van der Waals surface area (Å²) in [5, 5.41) is 20.8. The Morgan fingerprint density at radius 2 is 1.54 bits per heavy atom. The maximum atomic E-state index is 11.4. The van der Waals surface area contributed by atoms with Crippen LogP contribution >= 0.6 is 0 Å². The number of para-hydroxylation sites is 1. The van der Waals surface area contributed by atoms with E-state index in [2.05, 4.69) is 33.8 Å². The molecular weight excluding hydrogens is 324 g/mol. The van der Waals surface area contributed by atoms with Gasteiger partial charge in [-0.1, -0.05) is 45.9 Å². The van der Waals surface area contributed by atoms with Crippen molar-refractivity contribution < 1.29 is 4.92 Å². The molecule has 0 aliphatic heterocycles. The van der Waals surface area contributed by atoms with Crippen molar-refractivity contribution in [1.29, 1.82) is 5.26 Å². The van der Waals surface area contributed by atoms with Gasteiger partial charge in [-0.05, 0) is 53.5 Å². The standard InChI is InChI=1S/C22H26N2O2/c1-15(2)9-19-11-17(14-23)12-20(10-16(3)4)21(19)13-18-7-5-6-8-22(18)24(25)26/h5-8,11-12,15-16H,9-10,13H2,1-4H3. The first-order valence-electron chi connectivity index (χ1n) is 9.08. The molecule has 0 amide bonds. The summed E-state index contributed by atoms with van der Waals surface area (Å²) in [6.45, 7) is 8.59. The molecule has 2 aromatic rings. The van der Waals surface area contributed by atoms with E-state index in [1.165, 1.54) is 0 Å². The third-order valence-electron chi connectivity index (χ3n) is 4.38. The van der Waals surface area contributed by atoms with Crippen LogP contribution in [-0.4, -0.2) is 4.92 Å². The summed E-state index contributed by atoms with van der Waals surface area (Å²) >= 11 is 0. The molecule has 0 atom stereocenters. The third-order valence-corrected chi connectivity index (χ3v) is 4.38.